The monoisotopic (exact) mass is 390 g/mol. The number of amides is 2. The highest BCUT2D eigenvalue weighted by Crippen LogP contribution is 2.33. The van der Waals surface area contributed by atoms with E-state index in [1.165, 1.54) is 7.11 Å². The van der Waals surface area contributed by atoms with Crippen molar-refractivity contribution in [3.63, 3.8) is 0 Å². The molecule has 8 heteroatoms. The zero-order valence-electron chi connectivity index (χ0n) is 16.2. The SMILES string of the molecule is COCC1(C(=O)O)CCCN(C(=O)C2CC(=O)N(c3ccc(OC)cc3)C2)C1. The molecule has 0 radical (unpaired) electrons. The zero-order chi connectivity index (χ0) is 20.3. The van der Waals surface area contributed by atoms with Crippen molar-refractivity contribution >= 4 is 23.5 Å². The summed E-state index contributed by atoms with van der Waals surface area (Å²) in [5.74, 6) is -0.997. The van der Waals surface area contributed by atoms with Crippen LogP contribution in [0.2, 0.25) is 0 Å². The van der Waals surface area contributed by atoms with Gasteiger partial charge in [-0.3, -0.25) is 14.4 Å². The van der Waals surface area contributed by atoms with Gasteiger partial charge in [0, 0.05) is 38.9 Å². The van der Waals surface area contributed by atoms with Crippen molar-refractivity contribution in [3.8, 4) is 5.75 Å². The fourth-order valence-electron chi connectivity index (χ4n) is 4.09. The van der Waals surface area contributed by atoms with E-state index in [-0.39, 0.29) is 31.4 Å². The fraction of sp³-hybridized carbons (Fsp3) is 0.550. The lowest BCUT2D eigenvalue weighted by Gasteiger charge is -2.40. The number of benzene rings is 1. The first-order valence-corrected chi connectivity index (χ1v) is 9.36. The summed E-state index contributed by atoms with van der Waals surface area (Å²) in [6.45, 7) is 0.978. The van der Waals surface area contributed by atoms with Crippen molar-refractivity contribution in [2.24, 2.45) is 11.3 Å². The lowest BCUT2D eigenvalue weighted by Crippen LogP contribution is -2.53. The molecule has 28 heavy (non-hydrogen) atoms. The maximum absolute atomic E-state index is 13.0. The first-order chi connectivity index (χ1) is 13.4. The summed E-state index contributed by atoms with van der Waals surface area (Å²) in [5.41, 5.74) is -0.361. The third-order valence-electron chi connectivity index (χ3n) is 5.62. The van der Waals surface area contributed by atoms with Gasteiger partial charge in [0.2, 0.25) is 11.8 Å². The van der Waals surface area contributed by atoms with Crippen LogP contribution in [0.25, 0.3) is 0 Å². The number of carbonyl (C=O) groups excluding carboxylic acids is 2. The third-order valence-corrected chi connectivity index (χ3v) is 5.62. The Balaban J connectivity index is 1.70. The number of hydrogen-bond acceptors (Lipinski definition) is 5. The molecular formula is C20H26N2O6. The van der Waals surface area contributed by atoms with Crippen LogP contribution in [0.4, 0.5) is 5.69 Å². The highest BCUT2D eigenvalue weighted by atomic mass is 16.5. The molecular weight excluding hydrogens is 364 g/mol. The number of carboxylic acid groups (broad SMARTS) is 1. The Bertz CT molecular complexity index is 746. The fourth-order valence-corrected chi connectivity index (χ4v) is 4.09. The summed E-state index contributed by atoms with van der Waals surface area (Å²) < 4.78 is 10.3. The van der Waals surface area contributed by atoms with Gasteiger partial charge in [-0.25, -0.2) is 0 Å². The molecule has 3 rings (SSSR count). The number of rotatable bonds is 6. The van der Waals surface area contributed by atoms with Crippen molar-refractivity contribution in [2.75, 3.05) is 45.4 Å². The van der Waals surface area contributed by atoms with Crippen molar-refractivity contribution in [3.05, 3.63) is 24.3 Å². The number of carboxylic acids is 1. The van der Waals surface area contributed by atoms with Gasteiger partial charge in [0.1, 0.15) is 11.2 Å². The van der Waals surface area contributed by atoms with Crippen LogP contribution in [0.15, 0.2) is 24.3 Å². The molecule has 0 aromatic heterocycles. The summed E-state index contributed by atoms with van der Waals surface area (Å²) in [4.78, 5) is 40.5. The Morgan fingerprint density at radius 2 is 1.96 bits per heavy atom. The van der Waals surface area contributed by atoms with E-state index < -0.39 is 17.3 Å². The Morgan fingerprint density at radius 1 is 1.25 bits per heavy atom. The predicted octanol–water partition coefficient (Wildman–Crippen LogP) is 1.39. The second-order valence-corrected chi connectivity index (χ2v) is 7.49. The topological polar surface area (TPSA) is 96.4 Å². The molecule has 2 fully saturated rings. The summed E-state index contributed by atoms with van der Waals surface area (Å²) in [5, 5.41) is 9.67. The van der Waals surface area contributed by atoms with Gasteiger partial charge in [-0.1, -0.05) is 0 Å². The summed E-state index contributed by atoms with van der Waals surface area (Å²) >= 11 is 0. The molecule has 1 N–H and O–H groups in total. The Kier molecular flexibility index (Phi) is 5.88. The van der Waals surface area contributed by atoms with E-state index in [2.05, 4.69) is 0 Å². The minimum Gasteiger partial charge on any atom is -0.497 e. The average molecular weight is 390 g/mol. The number of methoxy groups -OCH3 is 2. The molecule has 2 aliphatic rings. The van der Waals surface area contributed by atoms with E-state index in [0.717, 1.165) is 5.69 Å². The number of hydrogen-bond donors (Lipinski definition) is 1. The minimum absolute atomic E-state index is 0.0632. The normalized spacial score (nSPS) is 25.1. The van der Waals surface area contributed by atoms with Crippen molar-refractivity contribution in [1.82, 2.24) is 4.90 Å². The van der Waals surface area contributed by atoms with E-state index in [1.54, 1.807) is 41.2 Å². The van der Waals surface area contributed by atoms with Crippen molar-refractivity contribution in [1.29, 1.82) is 0 Å². The smallest absolute Gasteiger partial charge is 0.313 e. The summed E-state index contributed by atoms with van der Waals surface area (Å²) in [7, 11) is 3.04. The molecule has 0 bridgehead atoms. The van der Waals surface area contributed by atoms with Gasteiger partial charge in [-0.15, -0.1) is 0 Å². The number of anilines is 1. The van der Waals surface area contributed by atoms with Crippen LogP contribution in [0.1, 0.15) is 19.3 Å². The molecule has 2 unspecified atom stereocenters. The largest absolute Gasteiger partial charge is 0.497 e. The third kappa shape index (κ3) is 3.82. The van der Waals surface area contributed by atoms with Crippen LogP contribution in [0.5, 0.6) is 5.75 Å². The molecule has 1 aromatic rings. The van der Waals surface area contributed by atoms with Gasteiger partial charge in [-0.2, -0.15) is 0 Å². The number of nitrogens with zero attached hydrogens (tertiary/aromatic N) is 2. The van der Waals surface area contributed by atoms with Crippen LogP contribution in [-0.4, -0.2) is 68.3 Å². The van der Waals surface area contributed by atoms with Gasteiger partial charge in [0.25, 0.3) is 0 Å². The summed E-state index contributed by atoms with van der Waals surface area (Å²) in [6.07, 6.45) is 1.21. The van der Waals surface area contributed by atoms with Gasteiger partial charge >= 0.3 is 5.97 Å². The second kappa shape index (κ2) is 8.18. The number of likely N-dealkylation sites (tertiary alicyclic amines) is 1. The molecule has 152 valence electrons. The van der Waals surface area contributed by atoms with E-state index in [0.29, 0.717) is 31.7 Å². The Morgan fingerprint density at radius 3 is 2.57 bits per heavy atom. The molecule has 0 aliphatic carbocycles. The molecule has 2 heterocycles. The van der Waals surface area contributed by atoms with Crippen molar-refractivity contribution < 1.29 is 29.0 Å². The Hall–Kier alpha value is -2.61. The predicted molar refractivity (Wildman–Crippen MR) is 101 cm³/mol. The van der Waals surface area contributed by atoms with E-state index in [4.69, 9.17) is 9.47 Å². The highest BCUT2D eigenvalue weighted by Gasteiger charge is 2.46. The molecule has 2 saturated heterocycles. The van der Waals surface area contributed by atoms with Gasteiger partial charge in [-0.05, 0) is 37.1 Å². The second-order valence-electron chi connectivity index (χ2n) is 7.49. The molecule has 8 nitrogen and oxygen atoms in total. The zero-order valence-corrected chi connectivity index (χ0v) is 16.2. The number of piperidine rings is 1. The average Bonchev–Trinajstić information content (AvgIpc) is 3.09. The van der Waals surface area contributed by atoms with Crippen LogP contribution in [0, 0.1) is 11.3 Å². The number of aliphatic carboxylic acids is 1. The summed E-state index contributed by atoms with van der Waals surface area (Å²) in [6, 6.07) is 7.12. The molecule has 2 aliphatic heterocycles. The maximum Gasteiger partial charge on any atom is 0.313 e. The van der Waals surface area contributed by atoms with Crippen LogP contribution >= 0.6 is 0 Å². The van der Waals surface area contributed by atoms with Gasteiger partial charge < -0.3 is 24.4 Å². The lowest BCUT2D eigenvalue weighted by molar-refractivity contribution is -0.160. The minimum atomic E-state index is -1.08. The Labute approximate surface area is 164 Å². The van der Waals surface area contributed by atoms with Crippen molar-refractivity contribution in [2.45, 2.75) is 19.3 Å². The lowest BCUT2D eigenvalue weighted by atomic mass is 9.80. The molecule has 2 amide bonds. The molecule has 2 atom stereocenters. The van der Waals surface area contributed by atoms with Gasteiger partial charge in [0.15, 0.2) is 0 Å². The molecule has 0 spiro atoms. The van der Waals surface area contributed by atoms with Crippen LogP contribution in [0.3, 0.4) is 0 Å². The van der Waals surface area contributed by atoms with E-state index in [1.807, 2.05) is 0 Å². The van der Waals surface area contributed by atoms with E-state index in [9.17, 15) is 19.5 Å². The first kappa shape index (κ1) is 20.1. The first-order valence-electron chi connectivity index (χ1n) is 9.36. The number of carbonyl (C=O) groups is 3. The molecule has 1 aromatic carbocycles. The molecule has 0 saturated carbocycles. The van der Waals surface area contributed by atoms with E-state index >= 15 is 0 Å². The maximum atomic E-state index is 13.0. The quantitative estimate of drug-likeness (QED) is 0.789. The van der Waals surface area contributed by atoms with Gasteiger partial charge in [0.05, 0.1) is 19.6 Å². The van der Waals surface area contributed by atoms with Crippen LogP contribution in [-0.2, 0) is 19.1 Å². The van der Waals surface area contributed by atoms with Crippen LogP contribution < -0.4 is 9.64 Å². The standard InChI is InChI=1S/C20H26N2O6/c1-27-13-20(19(25)26)8-3-9-21(12-20)18(24)14-10-17(23)22(11-14)15-4-6-16(28-2)7-5-15/h4-7,14H,3,8-13H2,1-2H3,(H,25,26). The highest BCUT2D eigenvalue weighted by molar-refractivity contribution is 6.00. The number of ether oxygens (including phenoxy) is 2.